The quantitative estimate of drug-likeness (QED) is 0.243. The van der Waals surface area contributed by atoms with Gasteiger partial charge in [0.1, 0.15) is 5.75 Å². The van der Waals surface area contributed by atoms with Crippen molar-refractivity contribution in [1.29, 1.82) is 0 Å². The molecule has 3 rings (SSSR count). The van der Waals surface area contributed by atoms with Crippen molar-refractivity contribution in [3.63, 3.8) is 0 Å². The van der Waals surface area contributed by atoms with Gasteiger partial charge in [-0.3, -0.25) is 9.69 Å². The lowest BCUT2D eigenvalue weighted by Gasteiger charge is -2.32. The van der Waals surface area contributed by atoms with Crippen LogP contribution in [0.4, 0.5) is 21.9 Å². The normalized spacial score (nSPS) is 14.1. The smallest absolute Gasteiger partial charge is 0.326 e. The lowest BCUT2D eigenvalue weighted by molar-refractivity contribution is -0.131. The molecule has 1 saturated carbocycles. The summed E-state index contributed by atoms with van der Waals surface area (Å²) in [7, 11) is 5.58. The van der Waals surface area contributed by atoms with Crippen molar-refractivity contribution < 1.29 is 19.1 Å². The van der Waals surface area contributed by atoms with Crippen LogP contribution < -0.4 is 24.6 Å². The molecule has 0 bridgehead atoms. The number of esters is 1. The molecule has 204 valence electrons. The highest BCUT2D eigenvalue weighted by atomic mass is 35.5. The highest BCUT2D eigenvalue weighted by Crippen LogP contribution is 2.41. The fourth-order valence-electron chi connectivity index (χ4n) is 4.72. The number of rotatable bonds is 6. The van der Waals surface area contributed by atoms with Crippen LogP contribution in [0.25, 0.3) is 0 Å². The number of benzene rings is 2. The Labute approximate surface area is 227 Å². The molecule has 1 aliphatic rings. The summed E-state index contributed by atoms with van der Waals surface area (Å²) in [6.07, 6.45) is 6.46. The Balaban J connectivity index is 0.00000481. The molecule has 37 heavy (non-hydrogen) atoms. The van der Waals surface area contributed by atoms with Crippen molar-refractivity contribution in [2.75, 3.05) is 36.3 Å². The van der Waals surface area contributed by atoms with Gasteiger partial charge in [0, 0.05) is 50.1 Å². The monoisotopic (exact) mass is 531 g/mol. The maximum atomic E-state index is 14.0. The maximum absolute atomic E-state index is 14.0. The molecule has 0 spiro atoms. The number of ether oxygens (including phenoxy) is 2. The standard InChI is InChI=1S/C29H41N3O4.ClH/c1-20(33)36-27-25(29(2,3)4)18-24(35-7)19-26(27)30-28(34)32(22-12-10-8-9-11-13-22)23-16-14-21(15-17-23)31(5)6;/h14-19,22H,8-13H2,1-7H3,(H,30,34);1H. The number of hydrogen-bond donors (Lipinski definition) is 1. The summed E-state index contributed by atoms with van der Waals surface area (Å²) in [6.45, 7) is 7.46. The summed E-state index contributed by atoms with van der Waals surface area (Å²) in [4.78, 5) is 29.9. The van der Waals surface area contributed by atoms with Crippen LogP contribution in [0.1, 0.15) is 71.8 Å². The average molecular weight is 532 g/mol. The molecule has 0 aliphatic heterocycles. The summed E-state index contributed by atoms with van der Waals surface area (Å²) in [6, 6.07) is 11.5. The van der Waals surface area contributed by atoms with Crippen LogP contribution in [0.15, 0.2) is 36.4 Å². The molecule has 0 heterocycles. The zero-order valence-electron chi connectivity index (χ0n) is 23.2. The van der Waals surface area contributed by atoms with Gasteiger partial charge in [-0.2, -0.15) is 0 Å². The van der Waals surface area contributed by atoms with Crippen LogP contribution in [-0.4, -0.2) is 39.2 Å². The van der Waals surface area contributed by atoms with Crippen LogP contribution >= 0.6 is 12.4 Å². The fraction of sp³-hybridized carbons (Fsp3) is 0.517. The number of carbonyl (C=O) groups excluding carboxylic acids is 2. The summed E-state index contributed by atoms with van der Waals surface area (Å²) in [5.74, 6) is 0.497. The number of methoxy groups -OCH3 is 1. The first kappa shape index (κ1) is 30.3. The molecule has 0 unspecified atom stereocenters. The van der Waals surface area contributed by atoms with Crippen molar-refractivity contribution in [3.05, 3.63) is 42.0 Å². The van der Waals surface area contributed by atoms with Gasteiger partial charge >= 0.3 is 12.0 Å². The number of anilines is 3. The van der Waals surface area contributed by atoms with Gasteiger partial charge in [-0.15, -0.1) is 12.4 Å². The third-order valence-electron chi connectivity index (χ3n) is 6.65. The zero-order chi connectivity index (χ0) is 26.5. The summed E-state index contributed by atoms with van der Waals surface area (Å²) in [5, 5.41) is 3.08. The van der Waals surface area contributed by atoms with E-state index in [1.54, 1.807) is 13.2 Å². The number of halogens is 1. The van der Waals surface area contributed by atoms with Gasteiger partial charge in [0.15, 0.2) is 5.75 Å². The van der Waals surface area contributed by atoms with Crippen molar-refractivity contribution in [1.82, 2.24) is 0 Å². The lowest BCUT2D eigenvalue weighted by atomic mass is 9.85. The molecule has 1 aliphatic carbocycles. The van der Waals surface area contributed by atoms with E-state index in [2.05, 4.69) is 5.32 Å². The van der Waals surface area contributed by atoms with Gasteiger partial charge in [-0.1, -0.05) is 46.5 Å². The van der Waals surface area contributed by atoms with Crippen molar-refractivity contribution in [2.45, 2.75) is 77.7 Å². The van der Waals surface area contributed by atoms with E-state index in [0.29, 0.717) is 17.2 Å². The number of carbonyl (C=O) groups is 2. The minimum Gasteiger partial charge on any atom is -0.497 e. The van der Waals surface area contributed by atoms with Crippen LogP contribution in [0.2, 0.25) is 0 Å². The van der Waals surface area contributed by atoms with Gasteiger partial charge in [-0.05, 0) is 48.6 Å². The average Bonchev–Trinajstić information content (AvgIpc) is 3.09. The van der Waals surface area contributed by atoms with E-state index in [1.807, 2.05) is 75.0 Å². The third-order valence-corrected chi connectivity index (χ3v) is 6.65. The molecular weight excluding hydrogens is 490 g/mol. The molecule has 2 amide bonds. The third kappa shape index (κ3) is 7.78. The molecule has 7 nitrogen and oxygen atoms in total. The molecular formula is C29H42ClN3O4. The predicted octanol–water partition coefficient (Wildman–Crippen LogP) is 7.17. The summed E-state index contributed by atoms with van der Waals surface area (Å²) in [5.41, 5.74) is 2.77. The largest absolute Gasteiger partial charge is 0.497 e. The summed E-state index contributed by atoms with van der Waals surface area (Å²) >= 11 is 0. The van der Waals surface area contributed by atoms with E-state index in [4.69, 9.17) is 9.47 Å². The first-order valence-corrected chi connectivity index (χ1v) is 12.8. The number of urea groups is 1. The highest BCUT2D eigenvalue weighted by Gasteiger charge is 2.30. The predicted molar refractivity (Wildman–Crippen MR) is 154 cm³/mol. The first-order chi connectivity index (χ1) is 17.0. The van der Waals surface area contributed by atoms with Crippen LogP contribution in [-0.2, 0) is 10.2 Å². The molecule has 1 fully saturated rings. The van der Waals surface area contributed by atoms with E-state index >= 15 is 0 Å². The molecule has 1 N–H and O–H groups in total. The number of nitrogens with one attached hydrogen (secondary N) is 1. The molecule has 0 saturated heterocycles. The minimum atomic E-state index is -0.443. The van der Waals surface area contributed by atoms with Crippen LogP contribution in [0, 0.1) is 0 Å². The highest BCUT2D eigenvalue weighted by molar-refractivity contribution is 6.03. The lowest BCUT2D eigenvalue weighted by Crippen LogP contribution is -2.43. The minimum absolute atomic E-state index is 0. The SMILES string of the molecule is COc1cc(NC(=O)N(c2ccc(N(C)C)cc2)C2CCCCCC2)c(OC(C)=O)c(C(C)(C)C)c1.Cl. The van der Waals surface area contributed by atoms with Crippen molar-refractivity contribution in [2.24, 2.45) is 0 Å². The molecule has 2 aromatic carbocycles. The van der Waals surface area contributed by atoms with Gasteiger partial charge in [0.25, 0.3) is 0 Å². The molecule has 8 heteroatoms. The Morgan fingerprint density at radius 1 is 0.946 bits per heavy atom. The number of amides is 2. The van der Waals surface area contributed by atoms with Gasteiger partial charge < -0.3 is 19.7 Å². The van der Waals surface area contributed by atoms with E-state index in [-0.39, 0.29) is 29.9 Å². The molecule has 0 atom stereocenters. The Bertz CT molecular complexity index is 1060. The van der Waals surface area contributed by atoms with Gasteiger partial charge in [-0.25, -0.2) is 4.79 Å². The molecule has 2 aromatic rings. The zero-order valence-corrected chi connectivity index (χ0v) is 24.0. The summed E-state index contributed by atoms with van der Waals surface area (Å²) < 4.78 is 11.2. The maximum Gasteiger partial charge on any atom is 0.326 e. The Morgan fingerprint density at radius 2 is 1.51 bits per heavy atom. The van der Waals surface area contributed by atoms with Gasteiger partial charge in [0.05, 0.1) is 12.8 Å². The van der Waals surface area contributed by atoms with E-state index in [9.17, 15) is 9.59 Å². The van der Waals surface area contributed by atoms with E-state index in [1.165, 1.54) is 19.8 Å². The topological polar surface area (TPSA) is 71.1 Å². The van der Waals surface area contributed by atoms with Crippen molar-refractivity contribution >= 4 is 41.5 Å². The molecule has 0 aromatic heterocycles. The first-order valence-electron chi connectivity index (χ1n) is 12.8. The van der Waals surface area contributed by atoms with E-state index < -0.39 is 5.97 Å². The van der Waals surface area contributed by atoms with E-state index in [0.717, 1.165) is 42.6 Å². The van der Waals surface area contributed by atoms with Crippen LogP contribution in [0.5, 0.6) is 11.5 Å². The van der Waals surface area contributed by atoms with Crippen LogP contribution in [0.3, 0.4) is 0 Å². The molecule has 0 radical (unpaired) electrons. The van der Waals surface area contributed by atoms with Gasteiger partial charge in [0.2, 0.25) is 0 Å². The Hall–Kier alpha value is -2.93. The number of hydrogen-bond acceptors (Lipinski definition) is 5. The fourth-order valence-corrected chi connectivity index (χ4v) is 4.72. The Morgan fingerprint density at radius 3 is 2.00 bits per heavy atom. The number of nitrogens with zero attached hydrogens (tertiary/aromatic N) is 2. The van der Waals surface area contributed by atoms with Crippen molar-refractivity contribution in [3.8, 4) is 11.5 Å². The second-order valence-corrected chi connectivity index (χ2v) is 10.8. The second kappa shape index (κ2) is 13.0. The Kier molecular flexibility index (Phi) is 10.7. The second-order valence-electron chi connectivity index (χ2n) is 10.8.